The van der Waals surface area contributed by atoms with Gasteiger partial charge in [0.15, 0.2) is 0 Å². The molecule has 1 unspecified atom stereocenters. The molecule has 0 radical (unpaired) electrons. The van der Waals surface area contributed by atoms with E-state index in [1.54, 1.807) is 5.57 Å². The molecule has 3 nitrogen and oxygen atoms in total. The standard InChI is InChI=1S/C28H46O3/c1-5-28(30)16-15-27(4)22(18-28)10-12-24-21-8-11-23(20(17-21)9-13-25(24)27)19(3)7-14-26(29)31-6-2/h13,19-24,30H,5-12,14-18H2,1-4H3/t19-,20-,21?,22+,23-,24+,27+,28+/m1/s1. The van der Waals surface area contributed by atoms with Crippen LogP contribution in [0.5, 0.6) is 0 Å². The van der Waals surface area contributed by atoms with Crippen molar-refractivity contribution in [3.63, 3.8) is 0 Å². The van der Waals surface area contributed by atoms with Crippen LogP contribution in [-0.2, 0) is 9.53 Å². The monoisotopic (exact) mass is 430 g/mol. The number of esters is 1. The molecule has 0 heterocycles. The predicted octanol–water partition coefficient (Wildman–Crippen LogP) is 6.69. The van der Waals surface area contributed by atoms with Gasteiger partial charge in [-0.1, -0.05) is 32.4 Å². The van der Waals surface area contributed by atoms with Crippen molar-refractivity contribution in [2.45, 2.75) is 110 Å². The SMILES string of the molecule is CCOC(=O)CC[C@@H](C)[C@H]1CCC2C[C@H]1CC=C1[C@H]2CC[C@H]2C[C@](O)(CC)CC[C@]12C. The third-order valence-electron chi connectivity index (χ3n) is 10.3. The molecule has 0 spiro atoms. The highest BCUT2D eigenvalue weighted by Crippen LogP contribution is 2.61. The van der Waals surface area contributed by atoms with Crippen molar-refractivity contribution in [3.05, 3.63) is 11.6 Å². The molecule has 0 aromatic rings. The minimum Gasteiger partial charge on any atom is -0.466 e. The molecule has 0 aliphatic heterocycles. The topological polar surface area (TPSA) is 46.5 Å². The number of aliphatic hydroxyl groups is 1. The van der Waals surface area contributed by atoms with Gasteiger partial charge in [0.05, 0.1) is 12.2 Å². The molecule has 176 valence electrons. The van der Waals surface area contributed by atoms with Crippen LogP contribution < -0.4 is 0 Å². The highest BCUT2D eigenvalue weighted by atomic mass is 16.5. The van der Waals surface area contributed by atoms with Gasteiger partial charge in [-0.3, -0.25) is 4.79 Å². The zero-order chi connectivity index (χ0) is 22.2. The van der Waals surface area contributed by atoms with Crippen LogP contribution in [0, 0.1) is 40.9 Å². The Labute approximate surface area is 190 Å². The summed E-state index contributed by atoms with van der Waals surface area (Å²) in [5.41, 5.74) is 1.68. The van der Waals surface area contributed by atoms with E-state index in [9.17, 15) is 9.90 Å². The van der Waals surface area contributed by atoms with Gasteiger partial charge in [-0.05, 0) is 118 Å². The molecule has 2 bridgehead atoms. The van der Waals surface area contributed by atoms with Crippen molar-refractivity contribution in [3.8, 4) is 0 Å². The van der Waals surface area contributed by atoms with Crippen molar-refractivity contribution >= 4 is 5.97 Å². The number of fused-ring (bicyclic) bond motifs is 6. The van der Waals surface area contributed by atoms with Crippen molar-refractivity contribution < 1.29 is 14.6 Å². The van der Waals surface area contributed by atoms with Crippen LogP contribution in [0.2, 0.25) is 0 Å². The lowest BCUT2D eigenvalue weighted by molar-refractivity contribution is -0.143. The zero-order valence-corrected chi connectivity index (χ0v) is 20.5. The normalized spacial score (nSPS) is 43.1. The van der Waals surface area contributed by atoms with E-state index < -0.39 is 5.60 Å². The Morgan fingerprint density at radius 2 is 2.00 bits per heavy atom. The number of hydrogen-bond acceptors (Lipinski definition) is 3. The summed E-state index contributed by atoms with van der Waals surface area (Å²) in [6.45, 7) is 9.46. The first-order valence-electron chi connectivity index (χ1n) is 13.4. The van der Waals surface area contributed by atoms with Crippen LogP contribution in [-0.4, -0.2) is 23.3 Å². The first-order valence-corrected chi connectivity index (χ1v) is 13.4. The average molecular weight is 431 g/mol. The maximum absolute atomic E-state index is 11.9. The van der Waals surface area contributed by atoms with E-state index in [1.807, 2.05) is 6.92 Å². The van der Waals surface area contributed by atoms with E-state index in [2.05, 4.69) is 26.8 Å². The molecular weight excluding hydrogens is 384 g/mol. The molecule has 4 aliphatic rings. The highest BCUT2D eigenvalue weighted by molar-refractivity contribution is 5.69. The minimum absolute atomic E-state index is 0.0275. The van der Waals surface area contributed by atoms with Crippen LogP contribution in [0.4, 0.5) is 0 Å². The second-order valence-electron chi connectivity index (χ2n) is 11.8. The van der Waals surface area contributed by atoms with Gasteiger partial charge in [0, 0.05) is 6.42 Å². The van der Waals surface area contributed by atoms with Crippen molar-refractivity contribution in [1.82, 2.24) is 0 Å². The highest BCUT2D eigenvalue weighted by Gasteiger charge is 2.53. The zero-order valence-electron chi connectivity index (χ0n) is 20.5. The summed E-state index contributed by atoms with van der Waals surface area (Å²) in [6, 6.07) is 0. The van der Waals surface area contributed by atoms with E-state index in [4.69, 9.17) is 4.74 Å². The third-order valence-corrected chi connectivity index (χ3v) is 10.3. The fourth-order valence-electron chi connectivity index (χ4n) is 8.22. The summed E-state index contributed by atoms with van der Waals surface area (Å²) < 4.78 is 5.16. The van der Waals surface area contributed by atoms with E-state index in [-0.39, 0.29) is 5.97 Å². The molecule has 8 atom stereocenters. The number of carbonyl (C=O) groups excluding carboxylic acids is 1. The lowest BCUT2D eigenvalue weighted by Crippen LogP contribution is -2.48. The average Bonchev–Trinajstić information content (AvgIpc) is 2.90. The Hall–Kier alpha value is -0.830. The van der Waals surface area contributed by atoms with E-state index in [0.717, 1.165) is 49.4 Å². The Balaban J connectivity index is 1.47. The maximum atomic E-state index is 11.9. The van der Waals surface area contributed by atoms with Gasteiger partial charge in [0.2, 0.25) is 0 Å². The van der Waals surface area contributed by atoms with Gasteiger partial charge in [-0.15, -0.1) is 0 Å². The second kappa shape index (κ2) is 9.20. The lowest BCUT2D eigenvalue weighted by atomic mass is 9.51. The molecule has 0 amide bonds. The Bertz CT molecular complexity index is 684. The number of hydrogen-bond donors (Lipinski definition) is 1. The quantitative estimate of drug-likeness (QED) is 0.377. The van der Waals surface area contributed by atoms with Crippen molar-refractivity contribution in [1.29, 1.82) is 0 Å². The lowest BCUT2D eigenvalue weighted by Gasteiger charge is -2.55. The number of allylic oxidation sites excluding steroid dienone is 2. The molecule has 4 rings (SSSR count). The van der Waals surface area contributed by atoms with Gasteiger partial charge >= 0.3 is 5.97 Å². The van der Waals surface area contributed by atoms with Crippen molar-refractivity contribution in [2.24, 2.45) is 40.9 Å². The molecule has 0 saturated heterocycles. The van der Waals surface area contributed by atoms with Crippen LogP contribution in [0.1, 0.15) is 105 Å². The second-order valence-corrected chi connectivity index (χ2v) is 11.8. The Kier molecular flexibility index (Phi) is 6.92. The molecule has 4 aliphatic carbocycles. The summed E-state index contributed by atoms with van der Waals surface area (Å²) in [7, 11) is 0. The number of rotatable bonds is 6. The minimum atomic E-state index is -0.419. The summed E-state index contributed by atoms with van der Waals surface area (Å²) in [4.78, 5) is 11.9. The van der Waals surface area contributed by atoms with Crippen LogP contribution in [0.3, 0.4) is 0 Å². The Morgan fingerprint density at radius 3 is 2.74 bits per heavy atom. The van der Waals surface area contributed by atoms with Gasteiger partial charge in [-0.25, -0.2) is 0 Å². The Morgan fingerprint density at radius 1 is 1.19 bits per heavy atom. The van der Waals surface area contributed by atoms with Gasteiger partial charge in [0.1, 0.15) is 0 Å². The fraction of sp³-hybridized carbons (Fsp3) is 0.893. The van der Waals surface area contributed by atoms with Crippen LogP contribution >= 0.6 is 0 Å². The first kappa shape index (κ1) is 23.3. The van der Waals surface area contributed by atoms with Gasteiger partial charge in [-0.2, -0.15) is 0 Å². The maximum Gasteiger partial charge on any atom is 0.305 e. The number of carbonyl (C=O) groups is 1. The predicted molar refractivity (Wildman–Crippen MR) is 125 cm³/mol. The molecule has 3 saturated carbocycles. The summed E-state index contributed by atoms with van der Waals surface area (Å²) in [5.74, 6) is 4.42. The molecule has 1 N–H and O–H groups in total. The van der Waals surface area contributed by atoms with E-state index in [1.165, 1.54) is 44.9 Å². The summed E-state index contributed by atoms with van der Waals surface area (Å²) in [5, 5.41) is 11.0. The number of ether oxygens (including phenoxy) is 1. The molecule has 0 aromatic carbocycles. The third kappa shape index (κ3) is 4.50. The fourth-order valence-corrected chi connectivity index (χ4v) is 8.22. The van der Waals surface area contributed by atoms with Crippen molar-refractivity contribution in [2.75, 3.05) is 6.61 Å². The van der Waals surface area contributed by atoms with Crippen LogP contribution in [0.25, 0.3) is 0 Å². The largest absolute Gasteiger partial charge is 0.466 e. The van der Waals surface area contributed by atoms with Gasteiger partial charge in [0.25, 0.3) is 0 Å². The molecule has 31 heavy (non-hydrogen) atoms. The first-order chi connectivity index (χ1) is 14.8. The van der Waals surface area contributed by atoms with Crippen LogP contribution in [0.15, 0.2) is 11.6 Å². The van der Waals surface area contributed by atoms with Gasteiger partial charge < -0.3 is 9.84 Å². The van der Waals surface area contributed by atoms with E-state index >= 15 is 0 Å². The smallest absolute Gasteiger partial charge is 0.305 e. The molecular formula is C28H46O3. The molecule has 3 fully saturated rings. The molecule has 3 heteroatoms. The summed E-state index contributed by atoms with van der Waals surface area (Å²) >= 11 is 0. The summed E-state index contributed by atoms with van der Waals surface area (Å²) in [6.07, 6.45) is 16.3. The van der Waals surface area contributed by atoms with E-state index in [0.29, 0.717) is 30.3 Å². The molecule has 0 aromatic heterocycles.